The van der Waals surface area contributed by atoms with E-state index in [2.05, 4.69) is 0 Å². The fraction of sp³-hybridized carbons (Fsp3) is 0.600. The van der Waals surface area contributed by atoms with Crippen molar-refractivity contribution in [2.24, 2.45) is 5.92 Å². The summed E-state index contributed by atoms with van der Waals surface area (Å²) in [6, 6.07) is 4.74. The number of nitrogens with zero attached hydrogens (tertiary/aromatic N) is 1. The Morgan fingerprint density at radius 1 is 1.43 bits per heavy atom. The van der Waals surface area contributed by atoms with Gasteiger partial charge in [-0.25, -0.2) is 0 Å². The number of hydrogen-bond donors (Lipinski definition) is 1. The van der Waals surface area contributed by atoms with Crippen molar-refractivity contribution in [3.8, 4) is 0 Å². The molecule has 0 spiro atoms. The largest absolute Gasteiger partial charge is 0.396 e. The first-order valence-corrected chi connectivity index (χ1v) is 7.16. The van der Waals surface area contributed by atoms with Crippen LogP contribution < -0.4 is 0 Å². The summed E-state index contributed by atoms with van der Waals surface area (Å²) in [5.41, 5.74) is 1.65. The average Bonchev–Trinajstić information content (AvgIpc) is 2.49. The van der Waals surface area contributed by atoms with Crippen molar-refractivity contribution in [2.45, 2.75) is 32.5 Å². The summed E-state index contributed by atoms with van der Waals surface area (Å²) in [6.45, 7) is 4.90. The van der Waals surface area contributed by atoms with E-state index in [0.29, 0.717) is 31.6 Å². The van der Waals surface area contributed by atoms with E-state index in [1.807, 2.05) is 13.8 Å². The van der Waals surface area contributed by atoms with Gasteiger partial charge in [-0.3, -0.25) is 10.1 Å². The van der Waals surface area contributed by atoms with E-state index in [9.17, 15) is 10.1 Å². The monoisotopic (exact) mass is 295 g/mol. The molecule has 6 heteroatoms. The highest BCUT2D eigenvalue weighted by Gasteiger charge is 2.39. The van der Waals surface area contributed by atoms with Crippen LogP contribution in [0.4, 0.5) is 5.69 Å². The molecule has 0 aliphatic carbocycles. The molecule has 0 saturated carbocycles. The van der Waals surface area contributed by atoms with Crippen molar-refractivity contribution in [3.63, 3.8) is 0 Å². The topological polar surface area (TPSA) is 81.8 Å². The molecule has 0 bridgehead atoms. The minimum Gasteiger partial charge on any atom is -0.396 e. The molecule has 1 aromatic carbocycles. The van der Waals surface area contributed by atoms with Gasteiger partial charge in [-0.05, 0) is 18.9 Å². The van der Waals surface area contributed by atoms with Crippen molar-refractivity contribution >= 4 is 5.69 Å². The zero-order chi connectivity index (χ0) is 15.5. The maximum absolute atomic E-state index is 11.0. The number of aryl methyl sites for hydroxylation is 1. The molecule has 1 aliphatic rings. The van der Waals surface area contributed by atoms with Crippen molar-refractivity contribution in [2.75, 3.05) is 19.8 Å². The van der Waals surface area contributed by atoms with E-state index in [0.717, 1.165) is 5.56 Å². The quantitative estimate of drug-likeness (QED) is 0.666. The number of nitro benzene ring substituents is 1. The third kappa shape index (κ3) is 3.23. The Hall–Kier alpha value is -1.50. The Labute approximate surface area is 123 Å². The van der Waals surface area contributed by atoms with Crippen molar-refractivity contribution in [1.29, 1.82) is 0 Å². The smallest absolute Gasteiger partial charge is 0.269 e. The number of aliphatic hydroxyl groups excluding tert-OH is 1. The summed E-state index contributed by atoms with van der Waals surface area (Å²) >= 11 is 0. The number of benzene rings is 1. The minimum absolute atomic E-state index is 0.0353. The van der Waals surface area contributed by atoms with Crippen LogP contribution in [0.25, 0.3) is 0 Å². The molecule has 1 N–H and O–H groups in total. The van der Waals surface area contributed by atoms with Gasteiger partial charge in [0.05, 0.1) is 18.1 Å². The standard InChI is InChI=1S/C15H21NO5/c1-3-15(20-9-12(6-7-17)10-21-15)14-8-13(16(18)19)5-4-11(14)2/h4-5,8,12,17H,3,6-7,9-10H2,1-2H3. The third-order valence-corrected chi connectivity index (χ3v) is 3.95. The molecule has 0 radical (unpaired) electrons. The van der Waals surface area contributed by atoms with Crippen LogP contribution in [0.5, 0.6) is 0 Å². The number of aliphatic hydroxyl groups is 1. The molecule has 6 nitrogen and oxygen atoms in total. The van der Waals surface area contributed by atoms with Crippen LogP contribution in [0, 0.1) is 23.0 Å². The molecule has 1 aromatic rings. The summed E-state index contributed by atoms with van der Waals surface area (Å²) in [6.07, 6.45) is 1.20. The van der Waals surface area contributed by atoms with Crippen LogP contribution in [-0.4, -0.2) is 29.9 Å². The molecule has 0 unspecified atom stereocenters. The van der Waals surface area contributed by atoms with E-state index in [4.69, 9.17) is 14.6 Å². The molecule has 21 heavy (non-hydrogen) atoms. The highest BCUT2D eigenvalue weighted by Crippen LogP contribution is 2.38. The molecule has 116 valence electrons. The molecular weight excluding hydrogens is 274 g/mol. The SMILES string of the molecule is CCC1(c2cc([N+](=O)[O-])ccc2C)OCC(CCO)CO1. The average molecular weight is 295 g/mol. The van der Waals surface area contributed by atoms with E-state index in [1.54, 1.807) is 6.07 Å². The van der Waals surface area contributed by atoms with Gasteiger partial charge >= 0.3 is 0 Å². The van der Waals surface area contributed by atoms with E-state index in [1.165, 1.54) is 12.1 Å². The van der Waals surface area contributed by atoms with Gasteiger partial charge in [-0.1, -0.05) is 13.0 Å². The zero-order valence-corrected chi connectivity index (χ0v) is 12.4. The predicted octanol–water partition coefficient (Wildman–Crippen LogP) is 2.51. The number of nitro groups is 1. The molecule has 0 amide bonds. The second-order valence-electron chi connectivity index (χ2n) is 5.36. The first-order valence-electron chi connectivity index (χ1n) is 7.16. The summed E-state index contributed by atoms with van der Waals surface area (Å²) in [5, 5.41) is 20.0. The second kappa shape index (κ2) is 6.51. The summed E-state index contributed by atoms with van der Waals surface area (Å²) in [7, 11) is 0. The molecular formula is C15H21NO5. The van der Waals surface area contributed by atoms with Crippen molar-refractivity contribution in [3.05, 3.63) is 39.4 Å². The Balaban J connectivity index is 2.29. The Morgan fingerprint density at radius 2 is 2.10 bits per heavy atom. The fourth-order valence-corrected chi connectivity index (χ4v) is 2.63. The van der Waals surface area contributed by atoms with E-state index < -0.39 is 10.7 Å². The van der Waals surface area contributed by atoms with Crippen LogP contribution in [-0.2, 0) is 15.3 Å². The molecule has 1 saturated heterocycles. The number of rotatable bonds is 5. The summed E-state index contributed by atoms with van der Waals surface area (Å²) in [5.74, 6) is -0.768. The lowest BCUT2D eigenvalue weighted by Crippen LogP contribution is -2.42. The van der Waals surface area contributed by atoms with Gasteiger partial charge in [-0.2, -0.15) is 0 Å². The number of hydrogen-bond acceptors (Lipinski definition) is 5. The molecule has 1 aliphatic heterocycles. The lowest BCUT2D eigenvalue weighted by atomic mass is 9.95. The van der Waals surface area contributed by atoms with Gasteiger partial charge in [-0.15, -0.1) is 0 Å². The predicted molar refractivity (Wildman–Crippen MR) is 76.9 cm³/mol. The van der Waals surface area contributed by atoms with Gasteiger partial charge in [0.25, 0.3) is 5.69 Å². The lowest BCUT2D eigenvalue weighted by Gasteiger charge is -2.40. The molecule has 2 rings (SSSR count). The van der Waals surface area contributed by atoms with Gasteiger partial charge in [0.2, 0.25) is 0 Å². The van der Waals surface area contributed by atoms with Crippen LogP contribution in [0.2, 0.25) is 0 Å². The van der Waals surface area contributed by atoms with E-state index in [-0.39, 0.29) is 18.2 Å². The molecule has 1 heterocycles. The van der Waals surface area contributed by atoms with Crippen molar-refractivity contribution in [1.82, 2.24) is 0 Å². The van der Waals surface area contributed by atoms with Gasteiger partial charge in [0.15, 0.2) is 5.79 Å². The van der Waals surface area contributed by atoms with Crippen LogP contribution in [0.1, 0.15) is 30.9 Å². The van der Waals surface area contributed by atoms with Crippen molar-refractivity contribution < 1.29 is 19.5 Å². The Bertz CT molecular complexity index is 509. The highest BCUT2D eigenvalue weighted by atomic mass is 16.7. The Morgan fingerprint density at radius 3 is 2.62 bits per heavy atom. The van der Waals surface area contributed by atoms with Gasteiger partial charge in [0.1, 0.15) is 0 Å². The first-order chi connectivity index (χ1) is 10.0. The second-order valence-corrected chi connectivity index (χ2v) is 5.36. The van der Waals surface area contributed by atoms with Crippen LogP contribution >= 0.6 is 0 Å². The fourth-order valence-electron chi connectivity index (χ4n) is 2.63. The number of ether oxygens (including phenoxy) is 2. The normalized spacial score (nSPS) is 25.8. The Kier molecular flexibility index (Phi) is 4.92. The first kappa shape index (κ1) is 15.9. The maximum atomic E-state index is 11.0. The molecule has 1 fully saturated rings. The molecule has 0 atom stereocenters. The highest BCUT2D eigenvalue weighted by molar-refractivity contribution is 5.41. The van der Waals surface area contributed by atoms with Gasteiger partial charge in [0, 0.05) is 36.6 Å². The third-order valence-electron chi connectivity index (χ3n) is 3.95. The van der Waals surface area contributed by atoms with Crippen LogP contribution in [0.15, 0.2) is 18.2 Å². The lowest BCUT2D eigenvalue weighted by molar-refractivity contribution is -0.385. The maximum Gasteiger partial charge on any atom is 0.269 e. The summed E-state index contributed by atoms with van der Waals surface area (Å²) in [4.78, 5) is 10.6. The molecule has 0 aromatic heterocycles. The van der Waals surface area contributed by atoms with E-state index >= 15 is 0 Å². The summed E-state index contributed by atoms with van der Waals surface area (Å²) < 4.78 is 11.9. The van der Waals surface area contributed by atoms with Crippen LogP contribution in [0.3, 0.4) is 0 Å². The van der Waals surface area contributed by atoms with Gasteiger partial charge < -0.3 is 14.6 Å². The zero-order valence-electron chi connectivity index (χ0n) is 12.4. The minimum atomic E-state index is -0.929. The number of non-ortho nitro benzene ring substituents is 1.